The fourth-order valence-corrected chi connectivity index (χ4v) is 2.45. The molecule has 110 valence electrons. The average molecular weight is 296 g/mol. The third-order valence-corrected chi connectivity index (χ3v) is 3.44. The Labute approximate surface area is 124 Å². The quantitative estimate of drug-likeness (QED) is 0.763. The molecular weight excluding hydrogens is 284 g/mol. The van der Waals surface area contributed by atoms with Crippen LogP contribution in [-0.2, 0) is 4.79 Å². The van der Waals surface area contributed by atoms with Crippen molar-refractivity contribution in [3.8, 4) is 0 Å². The first-order chi connectivity index (χ1) is 10.6. The molecule has 0 saturated carbocycles. The molecule has 0 aliphatic rings. The first-order valence-corrected chi connectivity index (χ1v) is 6.61. The number of para-hydroxylation sites is 1. The minimum atomic E-state index is -1.37. The minimum absolute atomic E-state index is 0.268. The zero-order valence-corrected chi connectivity index (χ0v) is 11.4. The Kier molecular flexibility index (Phi) is 3.34. The van der Waals surface area contributed by atoms with E-state index in [1.54, 1.807) is 54.6 Å². The predicted octanol–water partition coefficient (Wildman–Crippen LogP) is 1.36. The number of hydrogen-bond donors (Lipinski definition) is 2. The van der Waals surface area contributed by atoms with Gasteiger partial charge in [0, 0.05) is 0 Å². The SMILES string of the molecule is O=C(O)[C@H](c1ccccc1)n1c(=O)[nH]c2ccccc2c1=O. The van der Waals surface area contributed by atoms with Crippen molar-refractivity contribution >= 4 is 16.9 Å². The van der Waals surface area contributed by atoms with Crippen molar-refractivity contribution in [2.75, 3.05) is 0 Å². The van der Waals surface area contributed by atoms with Gasteiger partial charge in [-0.3, -0.25) is 4.79 Å². The number of carbonyl (C=O) groups is 1. The second-order valence-electron chi connectivity index (χ2n) is 4.80. The van der Waals surface area contributed by atoms with Gasteiger partial charge >= 0.3 is 11.7 Å². The molecule has 6 nitrogen and oxygen atoms in total. The maximum absolute atomic E-state index is 12.5. The molecule has 22 heavy (non-hydrogen) atoms. The molecule has 0 aliphatic carbocycles. The Hall–Kier alpha value is -3.15. The predicted molar refractivity (Wildman–Crippen MR) is 81.0 cm³/mol. The topological polar surface area (TPSA) is 92.2 Å². The van der Waals surface area contributed by atoms with Gasteiger partial charge < -0.3 is 10.1 Å². The number of aromatic nitrogens is 2. The van der Waals surface area contributed by atoms with Crippen LogP contribution in [0, 0.1) is 0 Å². The average Bonchev–Trinajstić information content (AvgIpc) is 2.52. The van der Waals surface area contributed by atoms with Gasteiger partial charge in [-0.2, -0.15) is 0 Å². The van der Waals surface area contributed by atoms with Gasteiger partial charge in [0.25, 0.3) is 5.56 Å². The highest BCUT2D eigenvalue weighted by Gasteiger charge is 2.25. The third kappa shape index (κ3) is 2.20. The molecule has 0 spiro atoms. The maximum atomic E-state index is 12.5. The number of nitrogens with one attached hydrogen (secondary N) is 1. The van der Waals surface area contributed by atoms with Crippen LogP contribution in [0.2, 0.25) is 0 Å². The normalized spacial score (nSPS) is 12.2. The lowest BCUT2D eigenvalue weighted by molar-refractivity contribution is -0.139. The molecule has 0 unspecified atom stereocenters. The standard InChI is InChI=1S/C16H12N2O4/c19-14-11-8-4-5-9-12(11)17-16(22)18(14)13(15(20)21)10-6-2-1-3-7-10/h1-9,13H,(H,17,22)(H,20,21)/t13-/m0/s1. The molecular formula is C16H12N2O4. The number of carboxylic acids is 1. The summed E-state index contributed by atoms with van der Waals surface area (Å²) in [5, 5.41) is 9.76. The number of fused-ring (bicyclic) bond motifs is 1. The van der Waals surface area contributed by atoms with Crippen molar-refractivity contribution < 1.29 is 9.90 Å². The lowest BCUT2D eigenvalue weighted by Gasteiger charge is -2.15. The molecule has 1 heterocycles. The highest BCUT2D eigenvalue weighted by atomic mass is 16.4. The molecule has 1 atom stereocenters. The van der Waals surface area contributed by atoms with E-state index < -0.39 is 23.3 Å². The van der Waals surface area contributed by atoms with Gasteiger partial charge in [-0.05, 0) is 17.7 Å². The Bertz CT molecular complexity index is 957. The summed E-state index contributed by atoms with van der Waals surface area (Å²) >= 11 is 0. The van der Waals surface area contributed by atoms with E-state index in [4.69, 9.17) is 0 Å². The Morgan fingerprint density at radius 1 is 1.00 bits per heavy atom. The summed E-state index contributed by atoms with van der Waals surface area (Å²) in [6, 6.07) is 13.3. The molecule has 0 bridgehead atoms. The molecule has 0 saturated heterocycles. The summed E-state index contributed by atoms with van der Waals surface area (Å²) in [5.41, 5.74) is -0.639. The van der Waals surface area contributed by atoms with E-state index >= 15 is 0 Å². The molecule has 1 aromatic heterocycles. The number of aromatic amines is 1. The van der Waals surface area contributed by atoms with Crippen LogP contribution < -0.4 is 11.2 Å². The van der Waals surface area contributed by atoms with Crippen molar-refractivity contribution in [3.63, 3.8) is 0 Å². The number of rotatable bonds is 3. The highest BCUT2D eigenvalue weighted by Crippen LogP contribution is 2.16. The number of nitrogens with zero attached hydrogens (tertiary/aromatic N) is 1. The highest BCUT2D eigenvalue weighted by molar-refractivity contribution is 5.79. The van der Waals surface area contributed by atoms with Gasteiger partial charge in [0.2, 0.25) is 0 Å². The van der Waals surface area contributed by atoms with E-state index in [1.165, 1.54) is 0 Å². The molecule has 3 rings (SSSR count). The number of carboxylic acid groups (broad SMARTS) is 1. The fraction of sp³-hybridized carbons (Fsp3) is 0.0625. The zero-order chi connectivity index (χ0) is 15.7. The van der Waals surface area contributed by atoms with Crippen molar-refractivity contribution in [1.29, 1.82) is 0 Å². The summed E-state index contributed by atoms with van der Waals surface area (Å²) in [6.45, 7) is 0. The maximum Gasteiger partial charge on any atom is 0.331 e. The van der Waals surface area contributed by atoms with Crippen LogP contribution in [-0.4, -0.2) is 20.6 Å². The number of benzene rings is 2. The van der Waals surface area contributed by atoms with Crippen molar-refractivity contribution in [2.24, 2.45) is 0 Å². The smallest absolute Gasteiger partial charge is 0.331 e. The van der Waals surface area contributed by atoms with E-state index in [0.29, 0.717) is 11.1 Å². The Morgan fingerprint density at radius 2 is 1.64 bits per heavy atom. The van der Waals surface area contributed by atoms with Crippen LogP contribution in [0.3, 0.4) is 0 Å². The molecule has 3 aromatic rings. The number of H-pyrrole nitrogens is 1. The van der Waals surface area contributed by atoms with Crippen LogP contribution >= 0.6 is 0 Å². The van der Waals surface area contributed by atoms with Crippen LogP contribution in [0.15, 0.2) is 64.2 Å². The molecule has 2 N–H and O–H groups in total. The largest absolute Gasteiger partial charge is 0.479 e. The van der Waals surface area contributed by atoms with Crippen molar-refractivity contribution in [1.82, 2.24) is 9.55 Å². The Morgan fingerprint density at radius 3 is 2.32 bits per heavy atom. The lowest BCUT2D eigenvalue weighted by Crippen LogP contribution is -2.41. The Balaban J connectivity index is 2.34. The first kappa shape index (κ1) is 13.8. The first-order valence-electron chi connectivity index (χ1n) is 6.61. The van der Waals surface area contributed by atoms with Crippen LogP contribution in [0.1, 0.15) is 11.6 Å². The zero-order valence-electron chi connectivity index (χ0n) is 11.4. The van der Waals surface area contributed by atoms with E-state index in [9.17, 15) is 19.5 Å². The molecule has 0 radical (unpaired) electrons. The van der Waals surface area contributed by atoms with Crippen LogP contribution in [0.5, 0.6) is 0 Å². The van der Waals surface area contributed by atoms with Gasteiger partial charge in [0.1, 0.15) is 0 Å². The van der Waals surface area contributed by atoms with E-state index in [1.807, 2.05) is 0 Å². The fourth-order valence-electron chi connectivity index (χ4n) is 2.45. The van der Waals surface area contributed by atoms with Gasteiger partial charge in [-0.25, -0.2) is 14.2 Å². The minimum Gasteiger partial charge on any atom is -0.479 e. The monoisotopic (exact) mass is 296 g/mol. The molecule has 0 aliphatic heterocycles. The van der Waals surface area contributed by atoms with Crippen molar-refractivity contribution in [3.05, 3.63) is 81.0 Å². The van der Waals surface area contributed by atoms with Crippen LogP contribution in [0.25, 0.3) is 10.9 Å². The van der Waals surface area contributed by atoms with E-state index in [0.717, 1.165) is 4.57 Å². The number of hydrogen-bond acceptors (Lipinski definition) is 3. The molecule has 0 fully saturated rings. The summed E-state index contributed by atoms with van der Waals surface area (Å²) in [6.07, 6.45) is 0. The van der Waals surface area contributed by atoms with Gasteiger partial charge in [0.15, 0.2) is 6.04 Å². The molecule has 0 amide bonds. The summed E-state index contributed by atoms with van der Waals surface area (Å²) in [7, 11) is 0. The van der Waals surface area contributed by atoms with E-state index in [-0.39, 0.29) is 5.39 Å². The van der Waals surface area contributed by atoms with Crippen molar-refractivity contribution in [2.45, 2.75) is 6.04 Å². The van der Waals surface area contributed by atoms with Gasteiger partial charge in [-0.1, -0.05) is 42.5 Å². The molecule has 6 heteroatoms. The third-order valence-electron chi connectivity index (χ3n) is 3.44. The lowest BCUT2D eigenvalue weighted by atomic mass is 10.1. The summed E-state index contributed by atoms with van der Waals surface area (Å²) < 4.78 is 0.736. The molecule has 2 aromatic carbocycles. The van der Waals surface area contributed by atoms with Gasteiger partial charge in [0.05, 0.1) is 10.9 Å². The summed E-state index contributed by atoms with van der Waals surface area (Å²) in [4.78, 5) is 38.9. The van der Waals surface area contributed by atoms with Crippen LogP contribution in [0.4, 0.5) is 0 Å². The van der Waals surface area contributed by atoms with Gasteiger partial charge in [-0.15, -0.1) is 0 Å². The van der Waals surface area contributed by atoms with E-state index in [2.05, 4.69) is 4.98 Å². The summed E-state index contributed by atoms with van der Waals surface area (Å²) in [5.74, 6) is -1.27. The second kappa shape index (κ2) is 5.33. The number of aliphatic carboxylic acids is 1. The second-order valence-corrected chi connectivity index (χ2v) is 4.80.